The lowest BCUT2D eigenvalue weighted by molar-refractivity contribution is -0.140. The highest BCUT2D eigenvalue weighted by Gasteiger charge is 2.27. The van der Waals surface area contributed by atoms with Crippen molar-refractivity contribution in [1.29, 1.82) is 0 Å². The van der Waals surface area contributed by atoms with Crippen molar-refractivity contribution in [2.45, 2.75) is 31.2 Å². The predicted molar refractivity (Wildman–Crippen MR) is 74.5 cm³/mol. The Morgan fingerprint density at radius 1 is 1.27 bits per heavy atom. The second-order valence-corrected chi connectivity index (χ2v) is 6.57. The maximum Gasteiger partial charge on any atom is 0.322 e. The van der Waals surface area contributed by atoms with Crippen molar-refractivity contribution in [2.75, 3.05) is 6.61 Å². The number of carboxylic acids is 1. The molecule has 0 fully saturated rings. The molecule has 9 heteroatoms. The standard InChI is InChI=1S/C13H17F2NO5S/c1-8(2)12(13(17)18)16-22(19,20)10-5-3-9(4-6-10)21-7-11(14)15/h3-6,8,11-12,16H,7H2,1-2H3,(H,17,18)/t12-/m0/s1. The van der Waals surface area contributed by atoms with Gasteiger partial charge in [0, 0.05) is 0 Å². The zero-order chi connectivity index (χ0) is 16.9. The smallest absolute Gasteiger partial charge is 0.322 e. The van der Waals surface area contributed by atoms with Crippen molar-refractivity contribution in [2.24, 2.45) is 5.92 Å². The van der Waals surface area contributed by atoms with E-state index < -0.39 is 41.0 Å². The molecule has 22 heavy (non-hydrogen) atoms. The van der Waals surface area contributed by atoms with Crippen LogP contribution in [0.1, 0.15) is 13.8 Å². The van der Waals surface area contributed by atoms with Crippen LogP contribution in [0.25, 0.3) is 0 Å². The van der Waals surface area contributed by atoms with Crippen LogP contribution in [0.5, 0.6) is 5.75 Å². The molecule has 0 unspecified atom stereocenters. The molecule has 0 heterocycles. The number of aliphatic carboxylic acids is 1. The molecule has 0 bridgehead atoms. The van der Waals surface area contributed by atoms with Gasteiger partial charge in [-0.3, -0.25) is 4.79 Å². The summed E-state index contributed by atoms with van der Waals surface area (Å²) >= 11 is 0. The van der Waals surface area contributed by atoms with Crippen LogP contribution < -0.4 is 9.46 Å². The van der Waals surface area contributed by atoms with Crippen LogP contribution in [0.2, 0.25) is 0 Å². The number of hydrogen-bond donors (Lipinski definition) is 2. The summed E-state index contributed by atoms with van der Waals surface area (Å²) < 4.78 is 55.0. The molecule has 0 radical (unpaired) electrons. The van der Waals surface area contributed by atoms with Crippen LogP contribution in [-0.4, -0.2) is 38.6 Å². The molecule has 1 rings (SSSR count). The molecule has 1 aromatic carbocycles. The summed E-state index contributed by atoms with van der Waals surface area (Å²) in [6, 6.07) is 3.49. The third kappa shape index (κ3) is 5.23. The van der Waals surface area contributed by atoms with Crippen LogP contribution >= 0.6 is 0 Å². The number of halogens is 2. The topological polar surface area (TPSA) is 92.7 Å². The Hall–Kier alpha value is -1.74. The van der Waals surface area contributed by atoms with E-state index in [1.54, 1.807) is 13.8 Å². The third-order valence-corrected chi connectivity index (χ3v) is 4.18. The highest BCUT2D eigenvalue weighted by atomic mass is 32.2. The highest BCUT2D eigenvalue weighted by Crippen LogP contribution is 2.17. The van der Waals surface area contributed by atoms with Gasteiger partial charge in [-0.15, -0.1) is 0 Å². The fourth-order valence-electron chi connectivity index (χ4n) is 1.58. The van der Waals surface area contributed by atoms with Crippen LogP contribution in [-0.2, 0) is 14.8 Å². The van der Waals surface area contributed by atoms with Crippen molar-refractivity contribution in [3.05, 3.63) is 24.3 Å². The van der Waals surface area contributed by atoms with Gasteiger partial charge in [0.1, 0.15) is 18.4 Å². The Morgan fingerprint density at radius 2 is 1.82 bits per heavy atom. The number of nitrogens with one attached hydrogen (secondary N) is 1. The quantitative estimate of drug-likeness (QED) is 0.753. The molecule has 0 aromatic heterocycles. The minimum Gasteiger partial charge on any atom is -0.488 e. The van der Waals surface area contributed by atoms with Crippen LogP contribution in [0.3, 0.4) is 0 Å². The Labute approximate surface area is 127 Å². The van der Waals surface area contributed by atoms with Gasteiger partial charge < -0.3 is 9.84 Å². The lowest BCUT2D eigenvalue weighted by Crippen LogP contribution is -2.44. The van der Waals surface area contributed by atoms with Crippen molar-refractivity contribution in [3.63, 3.8) is 0 Å². The molecule has 0 aliphatic heterocycles. The van der Waals surface area contributed by atoms with Gasteiger partial charge in [0.15, 0.2) is 0 Å². The number of sulfonamides is 1. The minimum atomic E-state index is -4.03. The normalized spacial score (nSPS) is 13.4. The summed E-state index contributed by atoms with van der Waals surface area (Å²) in [4.78, 5) is 10.9. The molecule has 1 atom stereocenters. The summed E-state index contributed by atoms with van der Waals surface area (Å²) in [5, 5.41) is 9.00. The van der Waals surface area contributed by atoms with Crippen LogP contribution in [0, 0.1) is 5.92 Å². The molecule has 2 N–H and O–H groups in total. The summed E-state index contributed by atoms with van der Waals surface area (Å²) in [6.07, 6.45) is -2.63. The van der Waals surface area contributed by atoms with Gasteiger partial charge >= 0.3 is 5.97 Å². The minimum absolute atomic E-state index is 0.0953. The Balaban J connectivity index is 2.87. The molecule has 124 valence electrons. The molecular formula is C13H17F2NO5S. The Morgan fingerprint density at radius 3 is 2.23 bits per heavy atom. The lowest BCUT2D eigenvalue weighted by Gasteiger charge is -2.18. The predicted octanol–water partition coefficient (Wildman–Crippen LogP) is 1.72. The zero-order valence-corrected chi connectivity index (χ0v) is 12.8. The highest BCUT2D eigenvalue weighted by molar-refractivity contribution is 7.89. The summed E-state index contributed by atoms with van der Waals surface area (Å²) in [7, 11) is -4.03. The molecule has 6 nitrogen and oxygen atoms in total. The van der Waals surface area contributed by atoms with Gasteiger partial charge in [0.2, 0.25) is 10.0 Å². The van der Waals surface area contributed by atoms with E-state index in [-0.39, 0.29) is 10.6 Å². The first-order chi connectivity index (χ1) is 10.1. The number of carboxylic acid groups (broad SMARTS) is 1. The fraction of sp³-hybridized carbons (Fsp3) is 0.462. The van der Waals surface area contributed by atoms with E-state index in [4.69, 9.17) is 9.84 Å². The maximum atomic E-state index is 12.1. The van der Waals surface area contributed by atoms with E-state index in [1.165, 1.54) is 12.1 Å². The average molecular weight is 337 g/mol. The van der Waals surface area contributed by atoms with Crippen LogP contribution in [0.4, 0.5) is 8.78 Å². The van der Waals surface area contributed by atoms with Gasteiger partial charge in [0.25, 0.3) is 6.43 Å². The molecule has 0 aliphatic rings. The molecule has 0 saturated heterocycles. The van der Waals surface area contributed by atoms with Gasteiger partial charge in [0.05, 0.1) is 4.90 Å². The molecule has 0 aliphatic carbocycles. The van der Waals surface area contributed by atoms with Crippen molar-refractivity contribution < 1.29 is 31.8 Å². The van der Waals surface area contributed by atoms with E-state index >= 15 is 0 Å². The van der Waals surface area contributed by atoms with Crippen molar-refractivity contribution >= 4 is 16.0 Å². The summed E-state index contributed by atoms with van der Waals surface area (Å²) in [5.74, 6) is -1.63. The fourth-order valence-corrected chi connectivity index (χ4v) is 2.92. The monoisotopic (exact) mass is 337 g/mol. The zero-order valence-electron chi connectivity index (χ0n) is 12.0. The van der Waals surface area contributed by atoms with E-state index in [0.717, 1.165) is 12.1 Å². The largest absolute Gasteiger partial charge is 0.488 e. The summed E-state index contributed by atoms with van der Waals surface area (Å²) in [5.41, 5.74) is 0. The van der Waals surface area contributed by atoms with Gasteiger partial charge in [-0.05, 0) is 30.2 Å². The van der Waals surface area contributed by atoms with E-state index in [9.17, 15) is 22.0 Å². The maximum absolute atomic E-state index is 12.1. The Kier molecular flexibility index (Phi) is 6.24. The van der Waals surface area contributed by atoms with E-state index in [2.05, 4.69) is 4.72 Å². The van der Waals surface area contributed by atoms with Gasteiger partial charge in [-0.25, -0.2) is 17.2 Å². The third-order valence-electron chi connectivity index (χ3n) is 2.72. The van der Waals surface area contributed by atoms with Crippen molar-refractivity contribution in [1.82, 2.24) is 4.72 Å². The first kappa shape index (κ1) is 18.3. The molecule has 0 saturated carbocycles. The molecule has 1 aromatic rings. The molecular weight excluding hydrogens is 320 g/mol. The van der Waals surface area contributed by atoms with Gasteiger partial charge in [-0.2, -0.15) is 4.72 Å². The summed E-state index contributed by atoms with van der Waals surface area (Å²) in [6.45, 7) is 2.35. The number of alkyl halides is 2. The number of carbonyl (C=O) groups is 1. The SMILES string of the molecule is CC(C)[C@H](NS(=O)(=O)c1ccc(OCC(F)F)cc1)C(=O)O. The first-order valence-corrected chi connectivity index (χ1v) is 7.88. The number of hydrogen-bond acceptors (Lipinski definition) is 4. The molecule has 0 spiro atoms. The van der Waals surface area contributed by atoms with E-state index in [1.807, 2.05) is 0 Å². The first-order valence-electron chi connectivity index (χ1n) is 6.39. The van der Waals surface area contributed by atoms with Gasteiger partial charge in [-0.1, -0.05) is 13.8 Å². The van der Waals surface area contributed by atoms with Crippen LogP contribution in [0.15, 0.2) is 29.2 Å². The van der Waals surface area contributed by atoms with E-state index in [0.29, 0.717) is 0 Å². The number of ether oxygens (including phenoxy) is 1. The average Bonchev–Trinajstić information content (AvgIpc) is 2.42. The Bertz CT molecular complexity index is 601. The second kappa shape index (κ2) is 7.50. The number of benzene rings is 1. The number of rotatable bonds is 8. The molecule has 0 amide bonds. The van der Waals surface area contributed by atoms with Crippen molar-refractivity contribution in [3.8, 4) is 5.75 Å². The lowest BCUT2D eigenvalue weighted by atomic mass is 10.1. The second-order valence-electron chi connectivity index (χ2n) is 4.85.